The van der Waals surface area contributed by atoms with Gasteiger partial charge in [0.2, 0.25) is 0 Å². The van der Waals surface area contributed by atoms with Gasteiger partial charge in [-0.25, -0.2) is 0 Å². The Morgan fingerprint density at radius 2 is 2.00 bits per heavy atom. The Bertz CT molecular complexity index is 1130. The van der Waals surface area contributed by atoms with Gasteiger partial charge in [-0.05, 0) is 49.8 Å². The number of methoxy groups -OCH3 is 1. The van der Waals surface area contributed by atoms with Gasteiger partial charge in [-0.1, -0.05) is 35.9 Å². The van der Waals surface area contributed by atoms with Crippen LogP contribution in [0.25, 0.3) is 6.08 Å². The minimum absolute atomic E-state index is 0.0652. The number of carbonyl (C=O) groups is 1. The molecule has 0 unspecified atom stereocenters. The number of ether oxygens (including phenoxy) is 2. The number of hydrogen-bond acceptors (Lipinski definition) is 4. The Morgan fingerprint density at radius 1 is 1.23 bits per heavy atom. The van der Waals surface area contributed by atoms with Gasteiger partial charge in [0.05, 0.1) is 30.1 Å². The zero-order chi connectivity index (χ0) is 22.5. The molecule has 1 heterocycles. The summed E-state index contributed by atoms with van der Waals surface area (Å²) in [6.07, 6.45) is 3.04. The summed E-state index contributed by atoms with van der Waals surface area (Å²) in [6.45, 7) is 1.24. The molecule has 8 heteroatoms. The van der Waals surface area contributed by atoms with E-state index in [1.54, 1.807) is 17.9 Å². The first-order valence-electron chi connectivity index (χ1n) is 9.42. The minimum atomic E-state index is -2.95. The Balaban J connectivity index is 1.82. The molecule has 162 valence electrons. The van der Waals surface area contributed by atoms with Crippen molar-refractivity contribution in [3.8, 4) is 11.5 Å². The summed E-state index contributed by atoms with van der Waals surface area (Å²) in [7, 11) is 1.58. The molecule has 5 nitrogen and oxygen atoms in total. The number of benzene rings is 2. The van der Waals surface area contributed by atoms with E-state index in [1.165, 1.54) is 30.3 Å². The maximum absolute atomic E-state index is 12.5. The van der Waals surface area contributed by atoms with Crippen molar-refractivity contribution in [3.63, 3.8) is 0 Å². The normalized spacial score (nSPS) is 11.3. The molecule has 0 saturated carbocycles. The molecule has 2 aromatic carbocycles. The van der Waals surface area contributed by atoms with E-state index >= 15 is 0 Å². The summed E-state index contributed by atoms with van der Waals surface area (Å²) in [5.74, 6) is 0.288. The van der Waals surface area contributed by atoms with E-state index in [-0.39, 0.29) is 17.1 Å². The van der Waals surface area contributed by atoms with Crippen LogP contribution in [0.3, 0.4) is 0 Å². The smallest absolute Gasteiger partial charge is 0.387 e. The number of aromatic nitrogens is 2. The molecule has 0 amide bonds. The van der Waals surface area contributed by atoms with Crippen LogP contribution in [0.2, 0.25) is 5.02 Å². The van der Waals surface area contributed by atoms with Gasteiger partial charge in [-0.2, -0.15) is 13.9 Å². The Morgan fingerprint density at radius 3 is 2.65 bits per heavy atom. The average Bonchev–Trinajstić information content (AvgIpc) is 2.98. The fraction of sp³-hybridized carbons (Fsp3) is 0.217. The lowest BCUT2D eigenvalue weighted by molar-refractivity contribution is -0.0498. The van der Waals surface area contributed by atoms with Crippen LogP contribution < -0.4 is 9.47 Å². The first-order chi connectivity index (χ1) is 14.8. The number of rotatable bonds is 8. The van der Waals surface area contributed by atoms with Crippen molar-refractivity contribution in [2.75, 3.05) is 7.11 Å². The minimum Gasteiger partial charge on any atom is -0.496 e. The first-order valence-corrected chi connectivity index (χ1v) is 9.80. The van der Waals surface area contributed by atoms with Crippen molar-refractivity contribution in [1.82, 2.24) is 9.78 Å². The molecule has 0 spiro atoms. The van der Waals surface area contributed by atoms with Gasteiger partial charge in [0.15, 0.2) is 5.78 Å². The van der Waals surface area contributed by atoms with Crippen molar-refractivity contribution in [2.45, 2.75) is 27.0 Å². The molecule has 0 radical (unpaired) electrons. The Labute approximate surface area is 183 Å². The molecule has 0 saturated heterocycles. The third kappa shape index (κ3) is 5.49. The molecule has 0 aliphatic heterocycles. The number of carbonyl (C=O) groups excluding carboxylic acids is 1. The molecule has 0 aliphatic carbocycles. The monoisotopic (exact) mass is 446 g/mol. The summed E-state index contributed by atoms with van der Waals surface area (Å²) in [4.78, 5) is 12.5. The van der Waals surface area contributed by atoms with Gasteiger partial charge in [0.25, 0.3) is 0 Å². The molecule has 1 aromatic heterocycles. The van der Waals surface area contributed by atoms with Gasteiger partial charge >= 0.3 is 6.61 Å². The average molecular weight is 447 g/mol. The molecular weight excluding hydrogens is 426 g/mol. The van der Waals surface area contributed by atoms with E-state index in [0.717, 1.165) is 22.5 Å². The second-order valence-corrected chi connectivity index (χ2v) is 7.20. The summed E-state index contributed by atoms with van der Waals surface area (Å²) < 4.78 is 36.4. The van der Waals surface area contributed by atoms with E-state index in [4.69, 9.17) is 16.3 Å². The molecular formula is C23H21ClF2N2O3. The molecule has 0 aliphatic rings. The number of allylic oxidation sites excluding steroid dienone is 1. The van der Waals surface area contributed by atoms with Crippen LogP contribution in [0.15, 0.2) is 48.5 Å². The second-order valence-electron chi connectivity index (χ2n) is 6.82. The van der Waals surface area contributed by atoms with E-state index in [0.29, 0.717) is 17.3 Å². The van der Waals surface area contributed by atoms with E-state index < -0.39 is 6.61 Å². The first kappa shape index (κ1) is 22.5. The highest BCUT2D eigenvalue weighted by Gasteiger charge is 2.12. The van der Waals surface area contributed by atoms with Gasteiger partial charge in [-0.15, -0.1) is 0 Å². The highest BCUT2D eigenvalue weighted by atomic mass is 35.5. The number of aryl methyl sites for hydroxylation is 1. The standard InChI is InChI=1S/C23H21ClF2N2O3/c1-14-22(24)15(2)28(27-14)13-18-11-16(8-10-21(18)30-3)7-9-20(29)17-5-4-6-19(12-17)31-23(25)26/h4-12,23H,13H2,1-3H3/b9-7+. The zero-order valence-corrected chi connectivity index (χ0v) is 18.0. The van der Waals surface area contributed by atoms with E-state index in [2.05, 4.69) is 9.84 Å². The fourth-order valence-corrected chi connectivity index (χ4v) is 3.25. The topological polar surface area (TPSA) is 53.4 Å². The van der Waals surface area contributed by atoms with Crippen LogP contribution in [-0.4, -0.2) is 29.3 Å². The quantitative estimate of drug-likeness (QED) is 0.328. The maximum atomic E-state index is 12.5. The van der Waals surface area contributed by atoms with Crippen LogP contribution in [-0.2, 0) is 6.54 Å². The van der Waals surface area contributed by atoms with Gasteiger partial charge in [-0.3, -0.25) is 9.48 Å². The van der Waals surface area contributed by atoms with Crippen molar-refractivity contribution in [3.05, 3.63) is 81.6 Å². The van der Waals surface area contributed by atoms with Crippen LogP contribution >= 0.6 is 11.6 Å². The van der Waals surface area contributed by atoms with Crippen LogP contribution in [0.1, 0.15) is 32.9 Å². The Hall–Kier alpha value is -3.19. The maximum Gasteiger partial charge on any atom is 0.387 e. The predicted octanol–water partition coefficient (Wildman–Crippen LogP) is 5.71. The van der Waals surface area contributed by atoms with Gasteiger partial charge in [0, 0.05) is 11.1 Å². The number of halogens is 3. The molecule has 3 aromatic rings. The summed E-state index contributed by atoms with van der Waals surface area (Å²) in [5.41, 5.74) is 3.49. The number of ketones is 1. The largest absolute Gasteiger partial charge is 0.496 e. The fourth-order valence-electron chi connectivity index (χ4n) is 3.11. The molecule has 0 bridgehead atoms. The second kappa shape index (κ2) is 9.75. The highest BCUT2D eigenvalue weighted by Crippen LogP contribution is 2.25. The van der Waals surface area contributed by atoms with Crippen LogP contribution in [0.5, 0.6) is 11.5 Å². The molecule has 0 fully saturated rings. The van der Waals surface area contributed by atoms with Crippen molar-refractivity contribution >= 4 is 23.5 Å². The number of alkyl halides is 2. The lowest BCUT2D eigenvalue weighted by atomic mass is 10.1. The van der Waals surface area contributed by atoms with E-state index in [1.807, 2.05) is 32.0 Å². The predicted molar refractivity (Wildman–Crippen MR) is 115 cm³/mol. The summed E-state index contributed by atoms with van der Waals surface area (Å²) >= 11 is 6.24. The van der Waals surface area contributed by atoms with Crippen molar-refractivity contribution in [2.24, 2.45) is 0 Å². The third-order valence-corrected chi connectivity index (χ3v) is 5.24. The Kier molecular flexibility index (Phi) is 7.07. The van der Waals surface area contributed by atoms with Crippen molar-refractivity contribution < 1.29 is 23.0 Å². The third-order valence-electron chi connectivity index (χ3n) is 4.69. The number of nitrogens with zero attached hydrogens (tertiary/aromatic N) is 2. The number of hydrogen-bond donors (Lipinski definition) is 0. The van der Waals surface area contributed by atoms with Crippen molar-refractivity contribution in [1.29, 1.82) is 0 Å². The van der Waals surface area contributed by atoms with E-state index in [9.17, 15) is 13.6 Å². The molecule has 0 atom stereocenters. The highest BCUT2D eigenvalue weighted by molar-refractivity contribution is 6.31. The SMILES string of the molecule is COc1ccc(/C=C/C(=O)c2cccc(OC(F)F)c2)cc1Cn1nc(C)c(Cl)c1C. The summed E-state index contributed by atoms with van der Waals surface area (Å²) in [6, 6.07) is 11.2. The lowest BCUT2D eigenvalue weighted by Gasteiger charge is -2.11. The lowest BCUT2D eigenvalue weighted by Crippen LogP contribution is -2.06. The molecule has 0 N–H and O–H groups in total. The van der Waals surface area contributed by atoms with Gasteiger partial charge in [0.1, 0.15) is 11.5 Å². The van der Waals surface area contributed by atoms with Crippen LogP contribution in [0, 0.1) is 13.8 Å². The zero-order valence-electron chi connectivity index (χ0n) is 17.2. The van der Waals surface area contributed by atoms with Gasteiger partial charge < -0.3 is 9.47 Å². The summed E-state index contributed by atoms with van der Waals surface area (Å²) in [5, 5.41) is 5.07. The van der Waals surface area contributed by atoms with Crippen LogP contribution in [0.4, 0.5) is 8.78 Å². The molecule has 31 heavy (non-hydrogen) atoms. The molecule has 3 rings (SSSR count).